The summed E-state index contributed by atoms with van der Waals surface area (Å²) in [6, 6.07) is 18.9. The molecule has 1 N–H and O–H groups in total. The first-order chi connectivity index (χ1) is 16.2. The van der Waals surface area contributed by atoms with Crippen molar-refractivity contribution in [2.24, 2.45) is 0 Å². The maximum absolute atomic E-state index is 13.6. The van der Waals surface area contributed by atoms with Crippen molar-refractivity contribution in [3.05, 3.63) is 105 Å². The van der Waals surface area contributed by atoms with Gasteiger partial charge in [0.15, 0.2) is 0 Å². The summed E-state index contributed by atoms with van der Waals surface area (Å²) in [6.07, 6.45) is 0. The van der Waals surface area contributed by atoms with Gasteiger partial charge < -0.3 is 5.32 Å². The molecule has 4 rings (SSSR count). The summed E-state index contributed by atoms with van der Waals surface area (Å²) in [6.45, 7) is 7.99. The summed E-state index contributed by atoms with van der Waals surface area (Å²) in [5, 5.41) is 14.2. The first-order valence-corrected chi connectivity index (χ1v) is 11.0. The van der Waals surface area contributed by atoms with Gasteiger partial charge in [-0.3, -0.25) is 19.7 Å². The van der Waals surface area contributed by atoms with Crippen LogP contribution in [0.25, 0.3) is 5.57 Å². The summed E-state index contributed by atoms with van der Waals surface area (Å²) < 4.78 is 0. The smallest absolute Gasteiger partial charge is 0.282 e. The molecule has 0 bridgehead atoms. The number of hydrogen-bond donors (Lipinski definition) is 1. The quantitative estimate of drug-likeness (QED) is 0.291. The zero-order valence-electron chi connectivity index (χ0n) is 19.5. The minimum Gasteiger partial charge on any atom is -0.350 e. The van der Waals surface area contributed by atoms with Crippen LogP contribution in [-0.2, 0) is 9.59 Å². The molecule has 0 atom stereocenters. The van der Waals surface area contributed by atoms with Crippen LogP contribution in [0.3, 0.4) is 0 Å². The minimum absolute atomic E-state index is 0.0915. The fourth-order valence-corrected chi connectivity index (χ4v) is 4.03. The SMILES string of the molecule is Cc1ccc(N2C(=O)C(Nc3ccc(C(C)C)cc3)=C(c3ccc([N+](=O)[O-])cc3)C2=O)c(C)c1. The van der Waals surface area contributed by atoms with E-state index in [2.05, 4.69) is 19.2 Å². The molecule has 3 aromatic carbocycles. The molecule has 1 aliphatic rings. The Morgan fingerprint density at radius 1 is 0.882 bits per heavy atom. The van der Waals surface area contributed by atoms with Crippen molar-refractivity contribution in [3.63, 3.8) is 0 Å². The van der Waals surface area contributed by atoms with Gasteiger partial charge in [-0.25, -0.2) is 4.90 Å². The second-order valence-corrected chi connectivity index (χ2v) is 8.69. The van der Waals surface area contributed by atoms with E-state index in [4.69, 9.17) is 0 Å². The average molecular weight is 456 g/mol. The molecule has 0 aliphatic carbocycles. The van der Waals surface area contributed by atoms with E-state index in [1.807, 2.05) is 50.2 Å². The largest absolute Gasteiger partial charge is 0.350 e. The van der Waals surface area contributed by atoms with E-state index in [-0.39, 0.29) is 17.0 Å². The van der Waals surface area contributed by atoms with E-state index >= 15 is 0 Å². The van der Waals surface area contributed by atoms with Crippen molar-refractivity contribution < 1.29 is 14.5 Å². The van der Waals surface area contributed by atoms with Crippen molar-refractivity contribution in [1.29, 1.82) is 0 Å². The minimum atomic E-state index is -0.503. The van der Waals surface area contributed by atoms with Gasteiger partial charge in [0.2, 0.25) is 0 Å². The van der Waals surface area contributed by atoms with Gasteiger partial charge in [-0.05, 0) is 66.8 Å². The van der Waals surface area contributed by atoms with Crippen LogP contribution in [-0.4, -0.2) is 16.7 Å². The number of carbonyl (C=O) groups is 2. The second kappa shape index (κ2) is 8.94. The first-order valence-electron chi connectivity index (χ1n) is 11.0. The molecule has 7 heteroatoms. The Morgan fingerprint density at radius 3 is 2.09 bits per heavy atom. The Labute approximate surface area is 197 Å². The summed E-state index contributed by atoms with van der Waals surface area (Å²) >= 11 is 0. The number of non-ortho nitro benzene ring substituents is 1. The Balaban J connectivity index is 1.80. The summed E-state index contributed by atoms with van der Waals surface area (Å²) in [5.74, 6) is -0.594. The zero-order chi connectivity index (χ0) is 24.6. The fraction of sp³-hybridized carbons (Fsp3) is 0.185. The number of rotatable bonds is 6. The van der Waals surface area contributed by atoms with Gasteiger partial charge in [-0.2, -0.15) is 0 Å². The zero-order valence-corrected chi connectivity index (χ0v) is 19.5. The molecule has 172 valence electrons. The maximum atomic E-state index is 13.6. The second-order valence-electron chi connectivity index (χ2n) is 8.69. The van der Waals surface area contributed by atoms with Crippen LogP contribution in [0.1, 0.15) is 42.0 Å². The van der Waals surface area contributed by atoms with Crippen LogP contribution in [0.2, 0.25) is 0 Å². The number of nitrogens with zero attached hydrogens (tertiary/aromatic N) is 2. The highest BCUT2D eigenvalue weighted by Gasteiger charge is 2.41. The van der Waals surface area contributed by atoms with Crippen molar-refractivity contribution in [1.82, 2.24) is 0 Å². The Morgan fingerprint density at radius 2 is 1.53 bits per heavy atom. The topological polar surface area (TPSA) is 92.6 Å². The Kier molecular flexibility index (Phi) is 6.03. The van der Waals surface area contributed by atoms with Crippen LogP contribution in [0.4, 0.5) is 17.1 Å². The van der Waals surface area contributed by atoms with E-state index in [9.17, 15) is 19.7 Å². The standard InChI is InChI=1S/C27H25N3O4/c1-16(2)19-6-10-21(11-7-19)28-25-24(20-8-12-22(13-9-20)30(33)34)26(31)29(27(25)32)23-14-5-17(3)15-18(23)4/h5-16,28H,1-4H3. The molecule has 0 spiro atoms. The van der Waals surface area contributed by atoms with Crippen molar-refractivity contribution in [2.45, 2.75) is 33.6 Å². The normalized spacial score (nSPS) is 13.7. The molecule has 1 heterocycles. The van der Waals surface area contributed by atoms with Gasteiger partial charge in [0.25, 0.3) is 17.5 Å². The molecular weight excluding hydrogens is 430 g/mol. The molecular formula is C27H25N3O4. The third-order valence-electron chi connectivity index (χ3n) is 5.89. The number of anilines is 2. The summed E-state index contributed by atoms with van der Waals surface area (Å²) in [4.78, 5) is 38.9. The van der Waals surface area contributed by atoms with Crippen molar-refractivity contribution in [3.8, 4) is 0 Å². The number of imide groups is 1. The number of benzene rings is 3. The summed E-state index contributed by atoms with van der Waals surface area (Å²) in [7, 11) is 0. The molecule has 3 aromatic rings. The van der Waals surface area contributed by atoms with Crippen LogP contribution in [0, 0.1) is 24.0 Å². The highest BCUT2D eigenvalue weighted by Crippen LogP contribution is 2.36. The predicted molar refractivity (Wildman–Crippen MR) is 133 cm³/mol. The van der Waals surface area contributed by atoms with Crippen LogP contribution in [0.5, 0.6) is 0 Å². The number of amides is 2. The highest BCUT2D eigenvalue weighted by molar-refractivity contribution is 6.46. The molecule has 0 radical (unpaired) electrons. The van der Waals surface area contributed by atoms with Crippen LogP contribution < -0.4 is 10.2 Å². The average Bonchev–Trinajstić information content (AvgIpc) is 3.04. The van der Waals surface area contributed by atoms with Gasteiger partial charge >= 0.3 is 0 Å². The van der Waals surface area contributed by atoms with Gasteiger partial charge in [-0.15, -0.1) is 0 Å². The number of carbonyl (C=O) groups excluding carboxylic acids is 2. The number of aryl methyl sites for hydroxylation is 2. The molecule has 0 saturated heterocycles. The molecule has 34 heavy (non-hydrogen) atoms. The Hall–Kier alpha value is -4.26. The lowest BCUT2D eigenvalue weighted by atomic mass is 10.0. The number of nitro groups is 1. The Bertz CT molecular complexity index is 1320. The van der Waals surface area contributed by atoms with Crippen LogP contribution in [0.15, 0.2) is 72.4 Å². The number of nitrogens with one attached hydrogen (secondary N) is 1. The lowest BCUT2D eigenvalue weighted by molar-refractivity contribution is -0.384. The van der Waals surface area contributed by atoms with E-state index in [0.29, 0.717) is 22.9 Å². The lowest BCUT2D eigenvalue weighted by Crippen LogP contribution is -2.33. The molecule has 0 unspecified atom stereocenters. The molecule has 1 aliphatic heterocycles. The van der Waals surface area contributed by atoms with Crippen molar-refractivity contribution in [2.75, 3.05) is 10.2 Å². The van der Waals surface area contributed by atoms with Crippen LogP contribution >= 0.6 is 0 Å². The van der Waals surface area contributed by atoms with Gasteiger partial charge in [0, 0.05) is 17.8 Å². The predicted octanol–water partition coefficient (Wildman–Crippen LogP) is 5.73. The van der Waals surface area contributed by atoms with Gasteiger partial charge in [-0.1, -0.05) is 43.7 Å². The van der Waals surface area contributed by atoms with E-state index < -0.39 is 16.7 Å². The lowest BCUT2D eigenvalue weighted by Gasteiger charge is -2.18. The molecule has 2 amide bonds. The number of hydrogen-bond acceptors (Lipinski definition) is 5. The molecule has 0 fully saturated rings. The molecule has 7 nitrogen and oxygen atoms in total. The van der Waals surface area contributed by atoms with Crippen molar-refractivity contribution >= 4 is 34.4 Å². The van der Waals surface area contributed by atoms with E-state index in [1.165, 1.54) is 24.3 Å². The molecule has 0 saturated carbocycles. The van der Waals surface area contributed by atoms with E-state index in [0.717, 1.165) is 21.6 Å². The monoisotopic (exact) mass is 455 g/mol. The maximum Gasteiger partial charge on any atom is 0.282 e. The van der Waals surface area contributed by atoms with Gasteiger partial charge in [0.1, 0.15) is 5.70 Å². The molecule has 0 aromatic heterocycles. The number of nitro benzene ring substituents is 1. The fourth-order valence-electron chi connectivity index (χ4n) is 4.03. The first kappa shape index (κ1) is 22.9. The van der Waals surface area contributed by atoms with E-state index in [1.54, 1.807) is 6.07 Å². The summed E-state index contributed by atoms with van der Waals surface area (Å²) in [5.41, 5.74) is 4.79. The third kappa shape index (κ3) is 4.20. The third-order valence-corrected chi connectivity index (χ3v) is 5.89. The van der Waals surface area contributed by atoms with Gasteiger partial charge in [0.05, 0.1) is 16.2 Å². The highest BCUT2D eigenvalue weighted by atomic mass is 16.6.